The Morgan fingerprint density at radius 2 is 1.90 bits per heavy atom. The highest BCUT2D eigenvalue weighted by molar-refractivity contribution is 5.27. The van der Waals surface area contributed by atoms with Gasteiger partial charge in [-0.3, -0.25) is 0 Å². The fourth-order valence-corrected chi connectivity index (χ4v) is 5.85. The van der Waals surface area contributed by atoms with Gasteiger partial charge in [-0.15, -0.1) is 0 Å². The van der Waals surface area contributed by atoms with Crippen LogP contribution in [-0.2, 0) is 4.74 Å². The Kier molecular flexibility index (Phi) is 2.73. The van der Waals surface area contributed by atoms with Crippen LogP contribution >= 0.6 is 0 Å². The van der Waals surface area contributed by atoms with E-state index < -0.39 is 5.79 Å². The van der Waals surface area contributed by atoms with Crippen LogP contribution < -0.4 is 0 Å². The SMILES string of the molecule is C[C@]12C=CCOC1=CC[C@@H]1[C@H]2CC[C@@]2(C)[C@H]1CCC2(O)O. The Morgan fingerprint density at radius 3 is 2.71 bits per heavy atom. The second-order valence-corrected chi connectivity index (χ2v) is 7.99. The predicted molar refractivity (Wildman–Crippen MR) is 80.1 cm³/mol. The molecule has 2 fully saturated rings. The molecule has 0 radical (unpaired) electrons. The number of fused-ring (bicyclic) bond motifs is 5. The van der Waals surface area contributed by atoms with Gasteiger partial charge in [-0.2, -0.15) is 0 Å². The molecule has 3 heteroatoms. The fraction of sp³-hybridized carbons (Fsp3) is 0.778. The van der Waals surface area contributed by atoms with Crippen molar-refractivity contribution in [1.82, 2.24) is 0 Å². The Bertz CT molecular complexity index is 521. The van der Waals surface area contributed by atoms with Crippen LogP contribution in [0.5, 0.6) is 0 Å². The maximum absolute atomic E-state index is 10.4. The third kappa shape index (κ3) is 1.62. The first-order valence-electron chi connectivity index (χ1n) is 8.34. The van der Waals surface area contributed by atoms with Crippen LogP contribution in [-0.4, -0.2) is 22.6 Å². The minimum Gasteiger partial charge on any atom is -0.493 e. The molecule has 3 aliphatic carbocycles. The van der Waals surface area contributed by atoms with Gasteiger partial charge in [0.15, 0.2) is 5.79 Å². The Morgan fingerprint density at radius 1 is 1.14 bits per heavy atom. The van der Waals surface area contributed by atoms with E-state index in [-0.39, 0.29) is 10.8 Å². The molecule has 0 aromatic heterocycles. The van der Waals surface area contributed by atoms with Crippen molar-refractivity contribution in [3.05, 3.63) is 24.0 Å². The number of aliphatic hydroxyl groups is 2. The monoisotopic (exact) mass is 290 g/mol. The molecule has 0 amide bonds. The van der Waals surface area contributed by atoms with Gasteiger partial charge in [0, 0.05) is 17.3 Å². The van der Waals surface area contributed by atoms with E-state index in [9.17, 15) is 10.2 Å². The first kappa shape index (κ1) is 13.8. The van der Waals surface area contributed by atoms with Crippen LogP contribution in [0.25, 0.3) is 0 Å². The van der Waals surface area contributed by atoms with Gasteiger partial charge in [-0.1, -0.05) is 19.1 Å². The van der Waals surface area contributed by atoms with Gasteiger partial charge in [0.2, 0.25) is 0 Å². The minimum absolute atomic E-state index is 0.0126. The number of hydrogen-bond donors (Lipinski definition) is 2. The lowest BCUT2D eigenvalue weighted by atomic mass is 9.50. The van der Waals surface area contributed by atoms with Crippen LogP contribution in [0.2, 0.25) is 0 Å². The van der Waals surface area contributed by atoms with E-state index in [0.29, 0.717) is 30.8 Å². The van der Waals surface area contributed by atoms with Crippen molar-refractivity contribution in [2.45, 2.75) is 51.7 Å². The average Bonchev–Trinajstić information content (AvgIpc) is 2.69. The van der Waals surface area contributed by atoms with Gasteiger partial charge >= 0.3 is 0 Å². The Labute approximate surface area is 126 Å². The van der Waals surface area contributed by atoms with E-state index in [1.807, 2.05) is 0 Å². The lowest BCUT2D eigenvalue weighted by molar-refractivity contribution is -0.246. The molecule has 0 spiro atoms. The Balaban J connectivity index is 1.73. The first-order chi connectivity index (χ1) is 9.88. The molecule has 3 nitrogen and oxygen atoms in total. The summed E-state index contributed by atoms with van der Waals surface area (Å²) in [5.74, 6) is 1.20. The molecule has 5 atom stereocenters. The van der Waals surface area contributed by atoms with Crippen LogP contribution in [0.1, 0.15) is 46.0 Å². The van der Waals surface area contributed by atoms with E-state index in [2.05, 4.69) is 32.1 Å². The minimum atomic E-state index is -1.48. The van der Waals surface area contributed by atoms with Crippen molar-refractivity contribution in [3.8, 4) is 0 Å². The van der Waals surface area contributed by atoms with Crippen LogP contribution in [0.15, 0.2) is 24.0 Å². The van der Waals surface area contributed by atoms with Gasteiger partial charge < -0.3 is 14.9 Å². The molecule has 0 unspecified atom stereocenters. The predicted octanol–water partition coefficient (Wildman–Crippen LogP) is 2.99. The molecular formula is C18H26O3. The summed E-state index contributed by atoms with van der Waals surface area (Å²) in [4.78, 5) is 0. The summed E-state index contributed by atoms with van der Waals surface area (Å²) in [6.07, 6.45) is 11.2. The van der Waals surface area contributed by atoms with Gasteiger partial charge in [0.25, 0.3) is 0 Å². The molecular weight excluding hydrogens is 264 g/mol. The second kappa shape index (κ2) is 4.14. The van der Waals surface area contributed by atoms with E-state index in [1.54, 1.807) is 0 Å². The molecule has 2 N–H and O–H groups in total. The molecule has 0 aromatic carbocycles. The molecule has 0 aromatic rings. The summed E-state index contributed by atoms with van der Waals surface area (Å²) in [6, 6.07) is 0. The van der Waals surface area contributed by atoms with Crippen LogP contribution in [0, 0.1) is 28.6 Å². The molecule has 0 bridgehead atoms. The third-order valence-electron chi connectivity index (χ3n) is 7.22. The quantitative estimate of drug-likeness (QED) is 0.532. The second-order valence-electron chi connectivity index (χ2n) is 7.99. The number of ether oxygens (including phenoxy) is 1. The standard InChI is InChI=1S/C18H26O3/c1-16-8-3-11-21-15(16)5-4-12-13(16)6-9-17(2)14(12)7-10-18(17,19)20/h3,5,8,12-14,19-20H,4,6-7,9-11H2,1-2H3/t12-,13-,14+,16-,17+/m1/s1. The summed E-state index contributed by atoms with van der Waals surface area (Å²) in [7, 11) is 0. The van der Waals surface area contributed by atoms with Gasteiger partial charge in [-0.25, -0.2) is 0 Å². The smallest absolute Gasteiger partial charge is 0.168 e. The fourth-order valence-electron chi connectivity index (χ4n) is 5.85. The van der Waals surface area contributed by atoms with E-state index in [1.165, 1.54) is 0 Å². The maximum Gasteiger partial charge on any atom is 0.168 e. The lowest BCUT2D eigenvalue weighted by Crippen LogP contribution is -2.54. The molecule has 4 aliphatic rings. The van der Waals surface area contributed by atoms with Gasteiger partial charge in [0.1, 0.15) is 12.4 Å². The van der Waals surface area contributed by atoms with Crippen LogP contribution in [0.3, 0.4) is 0 Å². The van der Waals surface area contributed by atoms with Crippen molar-refractivity contribution in [2.75, 3.05) is 6.61 Å². The van der Waals surface area contributed by atoms with E-state index in [4.69, 9.17) is 4.74 Å². The molecule has 21 heavy (non-hydrogen) atoms. The zero-order chi connectivity index (χ0) is 14.9. The molecule has 1 aliphatic heterocycles. The van der Waals surface area contributed by atoms with E-state index in [0.717, 1.165) is 31.4 Å². The summed E-state index contributed by atoms with van der Waals surface area (Å²) in [5, 5.41) is 20.9. The average molecular weight is 290 g/mol. The van der Waals surface area contributed by atoms with E-state index >= 15 is 0 Å². The summed E-state index contributed by atoms with van der Waals surface area (Å²) < 4.78 is 5.89. The van der Waals surface area contributed by atoms with Gasteiger partial charge in [0.05, 0.1) is 0 Å². The summed E-state index contributed by atoms with van der Waals surface area (Å²) in [6.45, 7) is 5.08. The zero-order valence-electron chi connectivity index (χ0n) is 13.0. The summed E-state index contributed by atoms with van der Waals surface area (Å²) in [5.41, 5.74) is -0.326. The van der Waals surface area contributed by atoms with Crippen LogP contribution in [0.4, 0.5) is 0 Å². The largest absolute Gasteiger partial charge is 0.493 e. The van der Waals surface area contributed by atoms with Crippen molar-refractivity contribution in [2.24, 2.45) is 28.6 Å². The molecule has 0 saturated heterocycles. The molecule has 2 saturated carbocycles. The third-order valence-corrected chi connectivity index (χ3v) is 7.22. The first-order valence-corrected chi connectivity index (χ1v) is 8.34. The number of rotatable bonds is 0. The lowest BCUT2D eigenvalue weighted by Gasteiger charge is -2.56. The maximum atomic E-state index is 10.4. The Hall–Kier alpha value is -0.800. The van der Waals surface area contributed by atoms with Crippen molar-refractivity contribution < 1.29 is 14.9 Å². The molecule has 4 rings (SSSR count). The molecule has 1 heterocycles. The normalized spacial score (nSPS) is 50.5. The van der Waals surface area contributed by atoms with Gasteiger partial charge in [-0.05, 0) is 56.4 Å². The number of allylic oxidation sites excluding steroid dienone is 2. The number of hydrogen-bond acceptors (Lipinski definition) is 3. The van der Waals surface area contributed by atoms with Crippen molar-refractivity contribution in [3.63, 3.8) is 0 Å². The molecule has 116 valence electrons. The van der Waals surface area contributed by atoms with Crippen molar-refractivity contribution >= 4 is 0 Å². The zero-order valence-corrected chi connectivity index (χ0v) is 13.0. The highest BCUT2D eigenvalue weighted by Gasteiger charge is 2.63. The highest BCUT2D eigenvalue weighted by atomic mass is 16.5. The highest BCUT2D eigenvalue weighted by Crippen LogP contribution is 2.65. The topological polar surface area (TPSA) is 49.7 Å². The van der Waals surface area contributed by atoms with Crippen molar-refractivity contribution in [1.29, 1.82) is 0 Å². The summed E-state index contributed by atoms with van der Waals surface area (Å²) >= 11 is 0.